The lowest BCUT2D eigenvalue weighted by molar-refractivity contribution is 0.418. The number of aryl methyl sites for hydroxylation is 1. The molecule has 0 unspecified atom stereocenters. The molecule has 0 spiro atoms. The minimum atomic E-state index is 0.0177. The number of rotatable bonds is 3. The standard InChI is InChI=1S/C14H18Cl2N4/c1-9-5-12(16)13(6-11(9)15)20-10(8-18-19-20)7-17-14(2,3)4/h5-6,8,17H,7H2,1-4H3. The fraction of sp³-hybridized carbons (Fsp3) is 0.429. The van der Waals surface area contributed by atoms with Crippen molar-refractivity contribution in [2.24, 2.45) is 0 Å². The highest BCUT2D eigenvalue weighted by Crippen LogP contribution is 2.27. The Kier molecular flexibility index (Phi) is 4.37. The van der Waals surface area contributed by atoms with Crippen LogP contribution >= 0.6 is 23.2 Å². The Bertz CT molecular complexity index is 614. The van der Waals surface area contributed by atoms with Crippen LogP contribution in [0.25, 0.3) is 5.69 Å². The zero-order valence-electron chi connectivity index (χ0n) is 12.0. The normalized spacial score (nSPS) is 11.9. The van der Waals surface area contributed by atoms with E-state index in [2.05, 4.69) is 36.4 Å². The summed E-state index contributed by atoms with van der Waals surface area (Å²) in [4.78, 5) is 0. The van der Waals surface area contributed by atoms with E-state index in [1.54, 1.807) is 10.9 Å². The fourth-order valence-corrected chi connectivity index (χ4v) is 2.19. The van der Waals surface area contributed by atoms with Crippen molar-refractivity contribution in [1.82, 2.24) is 20.3 Å². The van der Waals surface area contributed by atoms with Crippen LogP contribution in [0.4, 0.5) is 0 Å². The van der Waals surface area contributed by atoms with Gasteiger partial charge in [0, 0.05) is 17.1 Å². The molecule has 2 rings (SSSR count). The van der Waals surface area contributed by atoms with Gasteiger partial charge in [-0.15, -0.1) is 5.10 Å². The third-order valence-electron chi connectivity index (χ3n) is 2.88. The summed E-state index contributed by atoms with van der Waals surface area (Å²) in [6, 6.07) is 3.65. The van der Waals surface area contributed by atoms with E-state index in [1.165, 1.54) is 0 Å². The van der Waals surface area contributed by atoms with Crippen molar-refractivity contribution in [3.8, 4) is 5.69 Å². The summed E-state index contributed by atoms with van der Waals surface area (Å²) in [5, 5.41) is 12.7. The Balaban J connectivity index is 2.35. The van der Waals surface area contributed by atoms with E-state index in [4.69, 9.17) is 23.2 Å². The van der Waals surface area contributed by atoms with Crippen LogP contribution in [0.15, 0.2) is 18.3 Å². The Labute approximate surface area is 129 Å². The Morgan fingerprint density at radius 2 is 1.90 bits per heavy atom. The van der Waals surface area contributed by atoms with Crippen LogP contribution in [0.1, 0.15) is 32.0 Å². The van der Waals surface area contributed by atoms with Crippen molar-refractivity contribution in [1.29, 1.82) is 0 Å². The predicted molar refractivity (Wildman–Crippen MR) is 82.7 cm³/mol. The largest absolute Gasteiger partial charge is 0.306 e. The van der Waals surface area contributed by atoms with Crippen molar-refractivity contribution in [2.75, 3.05) is 0 Å². The van der Waals surface area contributed by atoms with Gasteiger partial charge in [-0.2, -0.15) is 0 Å². The van der Waals surface area contributed by atoms with Crippen molar-refractivity contribution in [3.63, 3.8) is 0 Å². The molecule has 2 aromatic rings. The van der Waals surface area contributed by atoms with Gasteiger partial charge in [0.1, 0.15) is 0 Å². The molecular formula is C14H18Cl2N4. The molecular weight excluding hydrogens is 295 g/mol. The van der Waals surface area contributed by atoms with Gasteiger partial charge in [0.25, 0.3) is 0 Å². The first-order valence-corrected chi connectivity index (χ1v) is 7.14. The molecule has 0 aliphatic heterocycles. The second kappa shape index (κ2) is 5.72. The van der Waals surface area contributed by atoms with Gasteiger partial charge in [-0.05, 0) is 45.4 Å². The minimum Gasteiger partial charge on any atom is -0.306 e. The third-order valence-corrected chi connectivity index (χ3v) is 3.59. The Morgan fingerprint density at radius 3 is 2.55 bits per heavy atom. The molecule has 108 valence electrons. The van der Waals surface area contributed by atoms with Gasteiger partial charge in [0.05, 0.1) is 22.6 Å². The van der Waals surface area contributed by atoms with Crippen molar-refractivity contribution in [3.05, 3.63) is 39.6 Å². The summed E-state index contributed by atoms with van der Waals surface area (Å²) in [6.45, 7) is 8.89. The molecule has 1 heterocycles. The maximum atomic E-state index is 6.29. The van der Waals surface area contributed by atoms with Crippen LogP contribution < -0.4 is 5.32 Å². The van der Waals surface area contributed by atoms with Crippen LogP contribution in [0.5, 0.6) is 0 Å². The fourth-order valence-electron chi connectivity index (χ4n) is 1.73. The molecule has 0 fully saturated rings. The highest BCUT2D eigenvalue weighted by Gasteiger charge is 2.14. The third kappa shape index (κ3) is 3.51. The number of hydrogen-bond acceptors (Lipinski definition) is 3. The first-order valence-electron chi connectivity index (χ1n) is 6.38. The van der Waals surface area contributed by atoms with E-state index in [0.717, 1.165) is 16.9 Å². The molecule has 6 heteroatoms. The number of halogens is 2. The van der Waals surface area contributed by atoms with Gasteiger partial charge in [0.2, 0.25) is 0 Å². The summed E-state index contributed by atoms with van der Waals surface area (Å²) in [6.07, 6.45) is 1.73. The van der Waals surface area contributed by atoms with Crippen LogP contribution in [0.3, 0.4) is 0 Å². The first kappa shape index (κ1) is 15.3. The summed E-state index contributed by atoms with van der Waals surface area (Å²) < 4.78 is 1.71. The maximum absolute atomic E-state index is 6.29. The molecule has 1 aromatic carbocycles. The van der Waals surface area contributed by atoms with Crippen LogP contribution in [-0.2, 0) is 6.54 Å². The SMILES string of the molecule is Cc1cc(Cl)c(-n2nncc2CNC(C)(C)C)cc1Cl. The molecule has 0 aliphatic rings. The maximum Gasteiger partial charge on any atom is 0.0868 e. The van der Waals surface area contributed by atoms with E-state index >= 15 is 0 Å². The van der Waals surface area contributed by atoms with E-state index in [0.29, 0.717) is 16.6 Å². The molecule has 0 atom stereocenters. The lowest BCUT2D eigenvalue weighted by Gasteiger charge is -2.20. The Morgan fingerprint density at radius 1 is 1.20 bits per heavy atom. The molecule has 4 nitrogen and oxygen atoms in total. The second-order valence-corrected chi connectivity index (χ2v) is 6.61. The number of nitrogens with zero attached hydrogens (tertiary/aromatic N) is 3. The van der Waals surface area contributed by atoms with Crippen LogP contribution in [-0.4, -0.2) is 20.5 Å². The van der Waals surface area contributed by atoms with E-state index in [9.17, 15) is 0 Å². The predicted octanol–water partition coefficient (Wildman–Crippen LogP) is 3.77. The van der Waals surface area contributed by atoms with Crippen LogP contribution in [0, 0.1) is 6.92 Å². The summed E-state index contributed by atoms with van der Waals surface area (Å²) in [7, 11) is 0. The van der Waals surface area contributed by atoms with E-state index < -0.39 is 0 Å². The van der Waals surface area contributed by atoms with E-state index in [-0.39, 0.29) is 5.54 Å². The molecule has 1 aromatic heterocycles. The average molecular weight is 313 g/mol. The smallest absolute Gasteiger partial charge is 0.0868 e. The average Bonchev–Trinajstić information content (AvgIpc) is 2.78. The molecule has 20 heavy (non-hydrogen) atoms. The molecule has 0 aliphatic carbocycles. The quantitative estimate of drug-likeness (QED) is 0.938. The lowest BCUT2D eigenvalue weighted by Crippen LogP contribution is -2.35. The molecule has 0 saturated carbocycles. The Hall–Kier alpha value is -1.10. The van der Waals surface area contributed by atoms with Crippen molar-refractivity contribution < 1.29 is 0 Å². The monoisotopic (exact) mass is 312 g/mol. The first-order chi connectivity index (χ1) is 9.28. The highest BCUT2D eigenvalue weighted by atomic mass is 35.5. The second-order valence-electron chi connectivity index (χ2n) is 5.79. The highest BCUT2D eigenvalue weighted by molar-refractivity contribution is 6.35. The zero-order chi connectivity index (χ0) is 14.9. The number of nitrogens with one attached hydrogen (secondary N) is 1. The summed E-state index contributed by atoms with van der Waals surface area (Å²) in [5.41, 5.74) is 2.63. The summed E-state index contributed by atoms with van der Waals surface area (Å²) >= 11 is 12.5. The molecule has 0 amide bonds. The number of hydrogen-bond donors (Lipinski definition) is 1. The van der Waals surface area contributed by atoms with Crippen LogP contribution in [0.2, 0.25) is 10.0 Å². The molecule has 1 N–H and O–H groups in total. The van der Waals surface area contributed by atoms with Crippen molar-refractivity contribution >= 4 is 23.2 Å². The van der Waals surface area contributed by atoms with Gasteiger partial charge in [0.15, 0.2) is 0 Å². The van der Waals surface area contributed by atoms with Crippen molar-refractivity contribution in [2.45, 2.75) is 39.8 Å². The molecule has 0 radical (unpaired) electrons. The van der Waals surface area contributed by atoms with E-state index in [1.807, 2.05) is 19.1 Å². The minimum absolute atomic E-state index is 0.0177. The molecule has 0 bridgehead atoms. The van der Waals surface area contributed by atoms with Gasteiger partial charge in [-0.1, -0.05) is 28.4 Å². The summed E-state index contributed by atoms with van der Waals surface area (Å²) in [5.74, 6) is 0. The van der Waals surface area contributed by atoms with Gasteiger partial charge in [-0.25, -0.2) is 4.68 Å². The number of benzene rings is 1. The van der Waals surface area contributed by atoms with Gasteiger partial charge in [-0.3, -0.25) is 0 Å². The molecule has 0 saturated heterocycles. The lowest BCUT2D eigenvalue weighted by atomic mass is 10.1. The number of aromatic nitrogens is 3. The zero-order valence-corrected chi connectivity index (χ0v) is 13.5. The van der Waals surface area contributed by atoms with Gasteiger partial charge < -0.3 is 5.32 Å². The topological polar surface area (TPSA) is 42.7 Å². The van der Waals surface area contributed by atoms with Gasteiger partial charge >= 0.3 is 0 Å².